The molecule has 0 atom stereocenters. The Morgan fingerprint density at radius 1 is 0.431 bits per heavy atom. The lowest BCUT2D eigenvalue weighted by molar-refractivity contribution is 0.660. The lowest BCUT2D eigenvalue weighted by atomic mass is 9.82. The van der Waals surface area contributed by atoms with Gasteiger partial charge < -0.3 is 4.40 Å². The summed E-state index contributed by atoms with van der Waals surface area (Å²) in [6, 6.07) is 43.2. The molecular formula is C62H43N3. The van der Waals surface area contributed by atoms with Gasteiger partial charge in [0, 0.05) is 47.8 Å². The van der Waals surface area contributed by atoms with Gasteiger partial charge in [0.15, 0.2) is 5.82 Å². The second-order valence-electron chi connectivity index (χ2n) is 17.3. The third kappa shape index (κ3) is 5.89. The summed E-state index contributed by atoms with van der Waals surface area (Å²) in [7, 11) is 0. The molecule has 0 spiro atoms. The molecule has 0 radical (unpaired) electrons. The Morgan fingerprint density at radius 3 is 1.49 bits per heavy atom. The second-order valence-corrected chi connectivity index (χ2v) is 17.3. The minimum Gasteiger partial charge on any atom is -0.308 e. The molecule has 65 heavy (non-hydrogen) atoms. The van der Waals surface area contributed by atoms with E-state index in [1.165, 1.54) is 6.07 Å². The van der Waals surface area contributed by atoms with Crippen molar-refractivity contribution in [1.29, 1.82) is 0 Å². The molecule has 306 valence electrons. The first kappa shape index (κ1) is 26.5. The molecule has 0 amide bonds. The quantitative estimate of drug-likeness (QED) is 0.167. The highest BCUT2D eigenvalue weighted by Gasteiger charge is 2.36. The summed E-state index contributed by atoms with van der Waals surface area (Å²) in [4.78, 5) is 9.60. The van der Waals surface area contributed by atoms with E-state index in [-0.39, 0.29) is 28.3 Å². The van der Waals surface area contributed by atoms with Crippen molar-refractivity contribution in [1.82, 2.24) is 14.4 Å². The number of benzene rings is 9. The van der Waals surface area contributed by atoms with Crippen molar-refractivity contribution in [2.45, 2.75) is 26.1 Å². The Kier molecular flexibility index (Phi) is 5.78. The van der Waals surface area contributed by atoms with E-state index >= 15 is 0 Å². The maximum absolute atomic E-state index is 8.81. The minimum atomic E-state index is -2.24. The first-order valence-corrected chi connectivity index (χ1v) is 21.5. The molecule has 3 aromatic heterocycles. The van der Waals surface area contributed by atoms with Crippen molar-refractivity contribution in [3.63, 3.8) is 0 Å². The largest absolute Gasteiger partial charge is 0.308 e. The molecule has 1 aliphatic carbocycles. The highest BCUT2D eigenvalue weighted by atomic mass is 14.9. The topological polar surface area (TPSA) is 30.2 Å². The number of fused-ring (bicyclic) bond motifs is 9. The molecule has 13 rings (SSSR count). The van der Waals surface area contributed by atoms with Crippen LogP contribution in [0.5, 0.6) is 0 Å². The SMILES string of the molecule is [2H]c1c([2H])c([2H])c(-c2cc(-c3c([2H])c([2H])c([2H])c([2H])c3[2H])nc(-c3ccc4c(c3)-c3cc(-c5cccc(-c6cccc(-c7ccc8c9cccc%10c%11ccc(C([2H])([2H])[2H])cc%11n(c8c7)c9%10)c6)c5)ccc3C4(C)C)n2)c([2H])c1[2H]. The highest BCUT2D eigenvalue weighted by molar-refractivity contribution is 6.23. The summed E-state index contributed by atoms with van der Waals surface area (Å²) < 4.78 is 112. The van der Waals surface area contributed by atoms with Crippen LogP contribution >= 0.6 is 0 Å². The lowest BCUT2D eigenvalue weighted by Gasteiger charge is -2.21. The van der Waals surface area contributed by atoms with E-state index in [9.17, 15) is 0 Å². The number of nitrogens with zero attached hydrogens (tertiary/aromatic N) is 3. The highest BCUT2D eigenvalue weighted by Crippen LogP contribution is 2.51. The molecule has 1 aliphatic rings. The van der Waals surface area contributed by atoms with Crippen molar-refractivity contribution in [2.24, 2.45) is 0 Å². The normalized spacial score (nSPS) is 16.0. The molecule has 0 saturated heterocycles. The Morgan fingerprint density at radius 2 is 0.908 bits per heavy atom. The molecule has 0 bridgehead atoms. The molecule has 0 fully saturated rings. The van der Waals surface area contributed by atoms with Crippen LogP contribution in [0.2, 0.25) is 0 Å². The number of aryl methyl sites for hydroxylation is 1. The predicted octanol–water partition coefficient (Wildman–Crippen LogP) is 16.2. The predicted molar refractivity (Wildman–Crippen MR) is 272 cm³/mol. The van der Waals surface area contributed by atoms with Gasteiger partial charge in [0.05, 0.1) is 41.6 Å². The van der Waals surface area contributed by atoms with Crippen molar-refractivity contribution >= 4 is 38.1 Å². The van der Waals surface area contributed by atoms with Crippen LogP contribution in [-0.4, -0.2) is 14.4 Å². The molecule has 12 aromatic rings. The fourth-order valence-electron chi connectivity index (χ4n) is 10.1. The zero-order valence-electron chi connectivity index (χ0n) is 48.2. The maximum atomic E-state index is 8.81. The van der Waals surface area contributed by atoms with Crippen molar-refractivity contribution in [3.05, 3.63) is 223 Å². The van der Waals surface area contributed by atoms with E-state index in [1.807, 2.05) is 24.3 Å². The van der Waals surface area contributed by atoms with Gasteiger partial charge >= 0.3 is 0 Å². The smallest absolute Gasteiger partial charge is 0.160 e. The second kappa shape index (κ2) is 14.2. The van der Waals surface area contributed by atoms with Gasteiger partial charge in [0.1, 0.15) is 0 Å². The fourth-order valence-corrected chi connectivity index (χ4v) is 10.1. The Balaban J connectivity index is 0.893. The Labute approximate surface area is 396 Å². The van der Waals surface area contributed by atoms with Gasteiger partial charge in [-0.2, -0.15) is 0 Å². The van der Waals surface area contributed by atoms with E-state index < -0.39 is 72.7 Å². The summed E-state index contributed by atoms with van der Waals surface area (Å²) in [5.74, 6) is 0.0615. The van der Waals surface area contributed by atoms with Crippen LogP contribution in [0.1, 0.15) is 48.4 Å². The maximum Gasteiger partial charge on any atom is 0.160 e. The van der Waals surface area contributed by atoms with Gasteiger partial charge in [0.25, 0.3) is 0 Å². The molecule has 3 heterocycles. The van der Waals surface area contributed by atoms with Gasteiger partial charge in [-0.25, -0.2) is 9.97 Å². The van der Waals surface area contributed by atoms with Crippen LogP contribution in [0, 0.1) is 6.85 Å². The van der Waals surface area contributed by atoms with E-state index in [1.54, 1.807) is 12.1 Å². The van der Waals surface area contributed by atoms with E-state index in [0.29, 0.717) is 11.1 Å². The van der Waals surface area contributed by atoms with E-state index in [0.717, 1.165) is 93.7 Å². The molecule has 0 unspecified atom stereocenters. The average Bonchev–Trinajstić information content (AvgIpc) is 4.04. The van der Waals surface area contributed by atoms with E-state index in [2.05, 4.69) is 121 Å². The van der Waals surface area contributed by atoms with Gasteiger partial charge in [-0.1, -0.05) is 177 Å². The first-order chi connectivity index (χ1) is 37.2. The monoisotopic (exact) mass is 842 g/mol. The van der Waals surface area contributed by atoms with Crippen molar-refractivity contribution in [2.75, 3.05) is 0 Å². The van der Waals surface area contributed by atoms with Crippen LogP contribution in [0.15, 0.2) is 206 Å². The van der Waals surface area contributed by atoms with Gasteiger partial charge in [0.2, 0.25) is 0 Å². The third-order valence-electron chi connectivity index (χ3n) is 13.2. The number of aromatic nitrogens is 3. The first-order valence-electron chi connectivity index (χ1n) is 28.0. The van der Waals surface area contributed by atoms with Gasteiger partial charge in [-0.05, 0) is 111 Å². The summed E-state index contributed by atoms with van der Waals surface area (Å²) in [5, 5.41) is 4.30. The standard InChI is InChI=1S/C62H43N3/c1-38-23-27-48-50-21-12-22-51-49-28-24-46(36-59(49)65(60(50)51)58(48)31-38)44-20-11-18-42(33-44)41-17-10-19-43(32-41)45-25-29-54-52(34-45)53-35-47(26-30-55(53)62(54,2)3)61-63-56(39-13-6-4-7-14-39)37-57(64-61)40-15-8-5-9-16-40/h4-37H,1-3H3/i1D3,4D,5D,6D,7D,8D,9D,13D,14D,15D,16D. The Hall–Kier alpha value is -8.14. The molecule has 3 heteroatoms. The molecule has 0 aliphatic heterocycles. The molecular weight excluding hydrogens is 787 g/mol. The molecule has 0 N–H and O–H groups in total. The number of para-hydroxylation sites is 1. The number of hydrogen-bond acceptors (Lipinski definition) is 2. The number of hydrogen-bond donors (Lipinski definition) is 0. The summed E-state index contributed by atoms with van der Waals surface area (Å²) in [6.45, 7) is 2.08. The van der Waals surface area contributed by atoms with Crippen LogP contribution in [0.25, 0.3) is 117 Å². The van der Waals surface area contributed by atoms with Crippen molar-refractivity contribution < 1.29 is 17.8 Å². The Bertz CT molecular complexity index is 4450. The van der Waals surface area contributed by atoms with Crippen LogP contribution < -0.4 is 0 Å². The summed E-state index contributed by atoms with van der Waals surface area (Å²) in [5.41, 5.74) is 12.9. The number of rotatable bonds is 6. The zero-order chi connectivity index (χ0) is 54.6. The summed E-state index contributed by atoms with van der Waals surface area (Å²) in [6.07, 6.45) is 0. The van der Waals surface area contributed by atoms with Crippen LogP contribution in [-0.2, 0) is 5.41 Å². The summed E-state index contributed by atoms with van der Waals surface area (Å²) >= 11 is 0. The lowest BCUT2D eigenvalue weighted by Crippen LogP contribution is -2.14. The minimum absolute atomic E-state index is 0.0615. The fraction of sp³-hybridized carbons (Fsp3) is 0.0645. The molecule has 0 saturated carbocycles. The average molecular weight is 843 g/mol. The zero-order valence-corrected chi connectivity index (χ0v) is 35.2. The van der Waals surface area contributed by atoms with Crippen molar-refractivity contribution in [3.8, 4) is 78.4 Å². The van der Waals surface area contributed by atoms with Gasteiger partial charge in [-0.15, -0.1) is 0 Å². The van der Waals surface area contributed by atoms with Crippen LogP contribution in [0.3, 0.4) is 0 Å². The molecule has 3 nitrogen and oxygen atoms in total. The van der Waals surface area contributed by atoms with E-state index in [4.69, 9.17) is 27.8 Å². The third-order valence-corrected chi connectivity index (χ3v) is 13.2. The van der Waals surface area contributed by atoms with Crippen LogP contribution in [0.4, 0.5) is 0 Å². The molecule has 9 aromatic carbocycles. The van der Waals surface area contributed by atoms with Gasteiger partial charge in [-0.3, -0.25) is 0 Å².